The topological polar surface area (TPSA) is 9.23 Å². The number of methoxy groups -OCH3 is 1. The summed E-state index contributed by atoms with van der Waals surface area (Å²) in [5, 5.41) is 0. The van der Waals surface area contributed by atoms with E-state index in [0.29, 0.717) is 0 Å². The van der Waals surface area contributed by atoms with E-state index in [9.17, 15) is 0 Å². The number of quaternary nitrogens is 1. The Balaban J connectivity index is 2.71. The molecule has 1 rings (SSSR count). The summed E-state index contributed by atoms with van der Waals surface area (Å²) >= 11 is 0. The van der Waals surface area contributed by atoms with E-state index in [2.05, 4.69) is 33.0 Å². The second-order valence-electron chi connectivity index (χ2n) is 4.48. The summed E-state index contributed by atoms with van der Waals surface area (Å²) in [6, 6.07) is 7.81. The van der Waals surface area contributed by atoms with Crippen molar-refractivity contribution in [3.63, 3.8) is 0 Å². The molecule has 0 spiro atoms. The molecule has 0 unspecified atom stereocenters. The molecule has 2 heteroatoms. The number of rotatable bonds is 2. The quantitative estimate of drug-likeness (QED) is 0.527. The largest absolute Gasteiger partial charge is 0.497 e. The van der Waals surface area contributed by atoms with Crippen molar-refractivity contribution in [2.45, 2.75) is 0 Å². The van der Waals surface area contributed by atoms with Crippen molar-refractivity contribution in [3.8, 4) is 17.6 Å². The highest BCUT2D eigenvalue weighted by Gasteiger charge is 2.01. The maximum absolute atomic E-state index is 5.13. The van der Waals surface area contributed by atoms with Crippen molar-refractivity contribution in [2.75, 3.05) is 34.8 Å². The van der Waals surface area contributed by atoms with Crippen LogP contribution in [0.25, 0.3) is 0 Å². The molecule has 0 heterocycles. The third-order valence-electron chi connectivity index (χ3n) is 1.86. The van der Waals surface area contributed by atoms with E-state index in [-0.39, 0.29) is 0 Å². The number of hydrogen-bond acceptors (Lipinski definition) is 1. The Kier molecular flexibility index (Phi) is 3.76. The molecule has 1 aromatic rings. The fourth-order valence-electron chi connectivity index (χ4n) is 1.08. The normalized spacial score (nSPS) is 10.4. The molecule has 0 bridgehead atoms. The van der Waals surface area contributed by atoms with Gasteiger partial charge in [-0.1, -0.05) is 12.0 Å². The van der Waals surface area contributed by atoms with Gasteiger partial charge in [-0.25, -0.2) is 0 Å². The average Bonchev–Trinajstić information content (AvgIpc) is 2.16. The second-order valence-corrected chi connectivity index (χ2v) is 4.48. The van der Waals surface area contributed by atoms with Crippen molar-refractivity contribution in [1.82, 2.24) is 0 Å². The lowest BCUT2D eigenvalue weighted by molar-refractivity contribution is -0.862. The number of ether oxygens (including phenoxy) is 1. The molecule has 0 saturated heterocycles. The smallest absolute Gasteiger partial charge is 0.140 e. The van der Waals surface area contributed by atoms with Crippen LogP contribution in [-0.4, -0.2) is 39.3 Å². The number of benzene rings is 1. The Morgan fingerprint density at radius 2 is 2.00 bits per heavy atom. The van der Waals surface area contributed by atoms with Crippen molar-refractivity contribution >= 4 is 0 Å². The van der Waals surface area contributed by atoms with Crippen LogP contribution >= 0.6 is 0 Å². The van der Waals surface area contributed by atoms with Gasteiger partial charge < -0.3 is 9.22 Å². The van der Waals surface area contributed by atoms with E-state index >= 15 is 0 Å². The standard InChI is InChI=1S/C13H18NO/c1-14(2,3)10-6-8-12-7-5-9-13(11-12)15-4/h5,7,9,11H,10H2,1-4H3/q+1. The lowest BCUT2D eigenvalue weighted by Gasteiger charge is -2.19. The minimum atomic E-state index is 0.844. The van der Waals surface area contributed by atoms with Gasteiger partial charge in [-0.3, -0.25) is 0 Å². The van der Waals surface area contributed by atoms with Crippen LogP contribution in [0.15, 0.2) is 24.3 Å². The number of nitrogens with zero attached hydrogens (tertiary/aromatic N) is 1. The van der Waals surface area contributed by atoms with Crippen LogP contribution in [0.2, 0.25) is 0 Å². The fraction of sp³-hybridized carbons (Fsp3) is 0.385. The van der Waals surface area contributed by atoms with Crippen LogP contribution in [0.3, 0.4) is 0 Å². The van der Waals surface area contributed by atoms with Crippen LogP contribution in [0.1, 0.15) is 5.56 Å². The summed E-state index contributed by atoms with van der Waals surface area (Å²) in [6.45, 7) is 0.844. The molecule has 1 aromatic carbocycles. The maximum atomic E-state index is 5.13. The van der Waals surface area contributed by atoms with Crippen LogP contribution in [0, 0.1) is 11.8 Å². The van der Waals surface area contributed by atoms with Gasteiger partial charge in [0.05, 0.1) is 28.3 Å². The third kappa shape index (κ3) is 4.53. The molecule has 0 saturated carbocycles. The molecule has 0 aromatic heterocycles. The van der Waals surface area contributed by atoms with Crippen LogP contribution < -0.4 is 4.74 Å². The van der Waals surface area contributed by atoms with Gasteiger partial charge in [0.1, 0.15) is 12.3 Å². The van der Waals surface area contributed by atoms with Gasteiger partial charge in [-0.15, -0.1) is 0 Å². The van der Waals surface area contributed by atoms with Gasteiger partial charge in [0.15, 0.2) is 0 Å². The summed E-state index contributed by atoms with van der Waals surface area (Å²) in [6.07, 6.45) is 0. The molecule has 0 amide bonds. The Bertz CT molecular complexity index is 380. The van der Waals surface area contributed by atoms with Gasteiger partial charge in [0, 0.05) is 5.56 Å². The van der Waals surface area contributed by atoms with Gasteiger partial charge in [0.25, 0.3) is 0 Å². The summed E-state index contributed by atoms with van der Waals surface area (Å²) < 4.78 is 5.99. The van der Waals surface area contributed by atoms with E-state index in [1.807, 2.05) is 24.3 Å². The maximum Gasteiger partial charge on any atom is 0.140 e. The molecule has 0 aliphatic carbocycles. The first-order chi connectivity index (χ1) is 7.01. The Hall–Kier alpha value is -1.46. The van der Waals surface area contributed by atoms with Gasteiger partial charge in [0.2, 0.25) is 0 Å². The van der Waals surface area contributed by atoms with E-state index in [4.69, 9.17) is 4.74 Å². The van der Waals surface area contributed by atoms with E-state index < -0.39 is 0 Å². The lowest BCUT2D eigenvalue weighted by atomic mass is 10.2. The van der Waals surface area contributed by atoms with Crippen LogP contribution in [-0.2, 0) is 0 Å². The first-order valence-corrected chi connectivity index (χ1v) is 4.95. The van der Waals surface area contributed by atoms with Crippen molar-refractivity contribution in [1.29, 1.82) is 0 Å². The molecule has 0 fully saturated rings. The molecule has 0 N–H and O–H groups in total. The summed E-state index contributed by atoms with van der Waals surface area (Å²) in [7, 11) is 8.04. The highest BCUT2D eigenvalue weighted by atomic mass is 16.5. The predicted octanol–water partition coefficient (Wildman–Crippen LogP) is 1.75. The zero-order valence-corrected chi connectivity index (χ0v) is 9.87. The summed E-state index contributed by atoms with van der Waals surface area (Å²) in [5.74, 6) is 7.14. The van der Waals surface area contributed by atoms with E-state index in [1.165, 1.54) is 0 Å². The Morgan fingerprint density at radius 1 is 1.27 bits per heavy atom. The number of hydrogen-bond donors (Lipinski definition) is 0. The first kappa shape index (κ1) is 11.6. The van der Waals surface area contributed by atoms with Crippen LogP contribution in [0.5, 0.6) is 5.75 Å². The van der Waals surface area contributed by atoms with E-state index in [0.717, 1.165) is 22.3 Å². The average molecular weight is 204 g/mol. The SMILES string of the molecule is COc1cccc(C#CC[N+](C)(C)C)c1. The molecule has 0 aliphatic heterocycles. The lowest BCUT2D eigenvalue weighted by Crippen LogP contribution is -2.34. The van der Waals surface area contributed by atoms with E-state index in [1.54, 1.807) is 7.11 Å². The molecule has 15 heavy (non-hydrogen) atoms. The third-order valence-corrected chi connectivity index (χ3v) is 1.86. The Labute approximate surface area is 92.1 Å². The van der Waals surface area contributed by atoms with Gasteiger partial charge in [-0.2, -0.15) is 0 Å². The van der Waals surface area contributed by atoms with Crippen LogP contribution in [0.4, 0.5) is 0 Å². The minimum Gasteiger partial charge on any atom is -0.497 e. The van der Waals surface area contributed by atoms with Gasteiger partial charge >= 0.3 is 0 Å². The summed E-state index contributed by atoms with van der Waals surface area (Å²) in [4.78, 5) is 0. The summed E-state index contributed by atoms with van der Waals surface area (Å²) in [5.41, 5.74) is 1.00. The van der Waals surface area contributed by atoms with Crippen molar-refractivity contribution in [3.05, 3.63) is 29.8 Å². The molecule has 0 aliphatic rings. The zero-order valence-electron chi connectivity index (χ0n) is 9.87. The highest BCUT2D eigenvalue weighted by Crippen LogP contribution is 2.11. The first-order valence-electron chi connectivity index (χ1n) is 4.95. The Morgan fingerprint density at radius 3 is 2.60 bits per heavy atom. The fourth-order valence-corrected chi connectivity index (χ4v) is 1.08. The monoisotopic (exact) mass is 204 g/mol. The molecular formula is C13H18NO+. The molecule has 2 nitrogen and oxygen atoms in total. The molecular weight excluding hydrogens is 186 g/mol. The molecule has 80 valence electrons. The molecule has 0 radical (unpaired) electrons. The molecule has 0 atom stereocenters. The second kappa shape index (κ2) is 4.86. The zero-order chi connectivity index (χ0) is 11.3. The highest BCUT2D eigenvalue weighted by molar-refractivity contribution is 5.39. The van der Waals surface area contributed by atoms with Crippen molar-refractivity contribution in [2.24, 2.45) is 0 Å². The van der Waals surface area contributed by atoms with Crippen molar-refractivity contribution < 1.29 is 9.22 Å². The predicted molar refractivity (Wildman–Crippen MR) is 62.8 cm³/mol. The van der Waals surface area contributed by atoms with Gasteiger partial charge in [-0.05, 0) is 24.1 Å². The minimum absolute atomic E-state index is 0.844.